The molecule has 0 radical (unpaired) electrons. The number of hydrogen-bond donors (Lipinski definition) is 1. The molecular weight excluding hydrogens is 292 g/mol. The first-order valence-corrected chi connectivity index (χ1v) is 7.14. The van der Waals surface area contributed by atoms with Gasteiger partial charge in [0.05, 0.1) is 11.1 Å². The lowest BCUT2D eigenvalue weighted by Crippen LogP contribution is -2.50. The highest BCUT2D eigenvalue weighted by molar-refractivity contribution is 6.03. The molecule has 6 heteroatoms. The first kappa shape index (κ1) is 14.9. The molecule has 1 heterocycles. The van der Waals surface area contributed by atoms with E-state index in [0.29, 0.717) is 18.9 Å². The average Bonchev–Trinajstić information content (AvgIpc) is 2.72. The van der Waals surface area contributed by atoms with Crippen LogP contribution in [0, 0.1) is 22.5 Å². The summed E-state index contributed by atoms with van der Waals surface area (Å²) in [6.45, 7) is 5.41. The maximum Gasteiger partial charge on any atom is 0.313 e. The van der Waals surface area contributed by atoms with Gasteiger partial charge in [-0.1, -0.05) is 13.8 Å². The molecule has 2 unspecified atom stereocenters. The Balaban J connectivity index is 1.94. The van der Waals surface area contributed by atoms with Crippen molar-refractivity contribution in [2.75, 3.05) is 5.32 Å². The summed E-state index contributed by atoms with van der Waals surface area (Å²) in [5.74, 6) is -2.57. The van der Waals surface area contributed by atoms with Crippen LogP contribution in [0.5, 0.6) is 0 Å². The fraction of sp³-hybridized carbons (Fsp3) is 0.500. The number of fused-ring (bicyclic) bond motifs is 2. The minimum Gasteiger partial charge on any atom is -0.448 e. The van der Waals surface area contributed by atoms with Gasteiger partial charge < -0.3 is 10.1 Å². The minimum absolute atomic E-state index is 0.131. The molecule has 1 aromatic rings. The number of ether oxygens (including phenoxy) is 1. The number of benzene rings is 1. The van der Waals surface area contributed by atoms with E-state index in [9.17, 15) is 18.4 Å². The van der Waals surface area contributed by atoms with Gasteiger partial charge in [-0.25, -0.2) is 8.78 Å². The quantitative estimate of drug-likeness (QED) is 0.854. The summed E-state index contributed by atoms with van der Waals surface area (Å²) in [6.07, 6.45) is 0.926. The fourth-order valence-electron chi connectivity index (χ4n) is 3.56. The molecule has 1 N–H and O–H groups in total. The molecule has 2 aliphatic rings. The number of hydrogen-bond acceptors (Lipinski definition) is 3. The van der Waals surface area contributed by atoms with E-state index in [1.165, 1.54) is 0 Å². The zero-order chi connectivity index (χ0) is 16.3. The van der Waals surface area contributed by atoms with E-state index in [2.05, 4.69) is 5.32 Å². The van der Waals surface area contributed by atoms with Gasteiger partial charge in [-0.2, -0.15) is 0 Å². The second-order valence-corrected chi connectivity index (χ2v) is 6.75. The Morgan fingerprint density at radius 2 is 1.91 bits per heavy atom. The number of carbonyl (C=O) groups is 2. The number of carbonyl (C=O) groups excluding carboxylic acids is 2. The Morgan fingerprint density at radius 3 is 2.41 bits per heavy atom. The molecule has 1 amide bonds. The number of anilines is 1. The predicted octanol–water partition coefficient (Wildman–Crippen LogP) is 3.03. The minimum atomic E-state index is -1.32. The van der Waals surface area contributed by atoms with Crippen molar-refractivity contribution in [3.63, 3.8) is 0 Å². The van der Waals surface area contributed by atoms with Gasteiger partial charge in [-0.05, 0) is 31.9 Å². The van der Waals surface area contributed by atoms with Crippen LogP contribution in [0.3, 0.4) is 0 Å². The molecule has 22 heavy (non-hydrogen) atoms. The fourth-order valence-corrected chi connectivity index (χ4v) is 3.56. The third-order valence-electron chi connectivity index (χ3n) is 5.63. The highest BCUT2D eigenvalue weighted by atomic mass is 19.1. The van der Waals surface area contributed by atoms with Crippen molar-refractivity contribution in [1.82, 2.24) is 0 Å². The lowest BCUT2D eigenvalue weighted by Gasteiger charge is -2.35. The molecule has 4 nitrogen and oxygen atoms in total. The molecule has 118 valence electrons. The SMILES string of the molecule is CC12CCC(C(=O)Nc3ccc(F)cc3F)(OC1=O)C2(C)C. The molecule has 1 saturated carbocycles. The standard InChI is InChI=1S/C16H17F2NO3/c1-14(2)15(3)6-7-16(14,22-13(15)21)12(20)19-11-5-4-9(17)8-10(11)18/h4-5,8H,6-7H2,1-3H3,(H,19,20). The van der Waals surface area contributed by atoms with Crippen molar-refractivity contribution >= 4 is 17.6 Å². The molecule has 1 saturated heterocycles. The summed E-state index contributed by atoms with van der Waals surface area (Å²) >= 11 is 0. The van der Waals surface area contributed by atoms with Gasteiger partial charge in [-0.15, -0.1) is 0 Å². The zero-order valence-electron chi connectivity index (χ0n) is 12.6. The lowest BCUT2D eigenvalue weighted by atomic mass is 9.66. The third-order valence-corrected chi connectivity index (χ3v) is 5.63. The first-order chi connectivity index (χ1) is 10.1. The van der Waals surface area contributed by atoms with Crippen LogP contribution in [0.1, 0.15) is 33.6 Å². The van der Waals surface area contributed by atoms with Crippen LogP contribution >= 0.6 is 0 Å². The summed E-state index contributed by atoms with van der Waals surface area (Å²) in [5, 5.41) is 2.43. The monoisotopic (exact) mass is 309 g/mol. The molecule has 1 aliphatic heterocycles. The summed E-state index contributed by atoms with van der Waals surface area (Å²) < 4.78 is 32.1. The number of rotatable bonds is 2. The maximum atomic E-state index is 13.7. The van der Waals surface area contributed by atoms with Crippen molar-refractivity contribution in [3.8, 4) is 0 Å². The number of esters is 1. The Bertz CT molecular complexity index is 688. The molecule has 0 aromatic heterocycles. The first-order valence-electron chi connectivity index (χ1n) is 7.14. The molecule has 2 fully saturated rings. The van der Waals surface area contributed by atoms with Gasteiger partial charge in [0.1, 0.15) is 11.6 Å². The van der Waals surface area contributed by atoms with E-state index in [0.717, 1.165) is 12.1 Å². The second kappa shape index (κ2) is 4.27. The molecule has 2 bridgehead atoms. The summed E-state index contributed by atoms with van der Waals surface area (Å²) in [4.78, 5) is 24.8. The Hall–Kier alpha value is -1.98. The number of nitrogens with one attached hydrogen (secondary N) is 1. The lowest BCUT2D eigenvalue weighted by molar-refractivity contribution is -0.165. The van der Waals surface area contributed by atoms with E-state index in [4.69, 9.17) is 4.74 Å². The predicted molar refractivity (Wildman–Crippen MR) is 74.9 cm³/mol. The largest absolute Gasteiger partial charge is 0.448 e. The zero-order valence-corrected chi connectivity index (χ0v) is 12.6. The van der Waals surface area contributed by atoms with Gasteiger partial charge in [0.25, 0.3) is 5.91 Å². The maximum absolute atomic E-state index is 13.7. The second-order valence-electron chi connectivity index (χ2n) is 6.75. The van der Waals surface area contributed by atoms with Crippen LogP contribution in [-0.2, 0) is 14.3 Å². The summed E-state index contributed by atoms with van der Waals surface area (Å²) in [5.41, 5.74) is -2.89. The van der Waals surface area contributed by atoms with Crippen molar-refractivity contribution in [3.05, 3.63) is 29.8 Å². The summed E-state index contributed by atoms with van der Waals surface area (Å²) in [6, 6.07) is 2.90. The molecule has 1 aliphatic carbocycles. The van der Waals surface area contributed by atoms with Crippen molar-refractivity contribution in [1.29, 1.82) is 0 Å². The van der Waals surface area contributed by atoms with Gasteiger partial charge in [0.15, 0.2) is 5.60 Å². The van der Waals surface area contributed by atoms with E-state index < -0.39 is 39.9 Å². The third kappa shape index (κ3) is 1.61. The van der Waals surface area contributed by atoms with Crippen molar-refractivity contribution < 1.29 is 23.1 Å². The Labute approximate surface area is 126 Å². The Kier molecular flexibility index (Phi) is 2.90. The van der Waals surface area contributed by atoms with E-state index in [1.54, 1.807) is 6.92 Å². The van der Waals surface area contributed by atoms with Crippen LogP contribution in [0.2, 0.25) is 0 Å². The van der Waals surface area contributed by atoms with Gasteiger partial charge in [-0.3, -0.25) is 9.59 Å². The topological polar surface area (TPSA) is 55.4 Å². The van der Waals surface area contributed by atoms with Crippen molar-refractivity contribution in [2.24, 2.45) is 10.8 Å². The highest BCUT2D eigenvalue weighted by Gasteiger charge is 2.75. The average molecular weight is 309 g/mol. The van der Waals surface area contributed by atoms with Crippen LogP contribution in [0.25, 0.3) is 0 Å². The van der Waals surface area contributed by atoms with E-state index in [1.807, 2.05) is 13.8 Å². The van der Waals surface area contributed by atoms with Gasteiger partial charge in [0.2, 0.25) is 0 Å². The highest BCUT2D eigenvalue weighted by Crippen LogP contribution is 2.65. The van der Waals surface area contributed by atoms with Gasteiger partial charge >= 0.3 is 5.97 Å². The molecular formula is C16H17F2NO3. The Morgan fingerprint density at radius 1 is 1.23 bits per heavy atom. The van der Waals surface area contributed by atoms with Crippen LogP contribution in [-0.4, -0.2) is 17.5 Å². The number of amides is 1. The van der Waals surface area contributed by atoms with Crippen LogP contribution < -0.4 is 5.32 Å². The van der Waals surface area contributed by atoms with Crippen LogP contribution in [0.4, 0.5) is 14.5 Å². The van der Waals surface area contributed by atoms with Crippen molar-refractivity contribution in [2.45, 2.75) is 39.2 Å². The molecule has 0 spiro atoms. The number of halogens is 2. The van der Waals surface area contributed by atoms with E-state index in [-0.39, 0.29) is 5.69 Å². The van der Waals surface area contributed by atoms with Crippen LogP contribution in [0.15, 0.2) is 18.2 Å². The normalized spacial score (nSPS) is 32.0. The summed E-state index contributed by atoms with van der Waals surface area (Å²) in [7, 11) is 0. The van der Waals surface area contributed by atoms with Gasteiger partial charge in [0, 0.05) is 11.5 Å². The smallest absolute Gasteiger partial charge is 0.313 e. The van der Waals surface area contributed by atoms with E-state index >= 15 is 0 Å². The molecule has 3 rings (SSSR count). The molecule has 2 atom stereocenters. The molecule has 1 aromatic carbocycles.